The molecular weight excluding hydrogens is 468 g/mol. The van der Waals surface area contributed by atoms with Crippen molar-refractivity contribution in [2.45, 2.75) is 82.7 Å². The molecule has 2 aromatic heterocycles. The van der Waals surface area contributed by atoms with Crippen LogP contribution in [0.4, 0.5) is 11.4 Å². The maximum Gasteiger partial charge on any atom is 0.290 e. The molecule has 2 fully saturated rings. The average Bonchev–Trinajstić information content (AvgIpc) is 3.52. The van der Waals surface area contributed by atoms with Crippen molar-refractivity contribution in [1.82, 2.24) is 9.61 Å². The molecule has 0 amide bonds. The molecule has 0 saturated heterocycles. The molecule has 0 unspecified atom stereocenters. The Labute approximate surface area is 217 Å². The highest BCUT2D eigenvalue weighted by molar-refractivity contribution is 6.06. The Morgan fingerprint density at radius 3 is 2.65 bits per heavy atom. The standard InChI is InChI=1S/C27H36N6O.CH2O2/c1-2-17-12-22(34)10-11-24(17)32-27(29)23-15-30-33-16-19(18-6-4-3-5-7-18)13-25(33)26(23)31-21-9-8-20(28)14-21;2-1-3/h10-13,15-16,18,20-21,31,34H,2-9,14,28H2,1H3,(H2,29,32);1H,(H,2,3)/t20-,21+;/m0./s1. The van der Waals surface area contributed by atoms with Crippen LogP contribution in [0.2, 0.25) is 0 Å². The van der Waals surface area contributed by atoms with Gasteiger partial charge < -0.3 is 27.0 Å². The van der Waals surface area contributed by atoms with Crippen molar-refractivity contribution in [2.75, 3.05) is 5.32 Å². The molecule has 37 heavy (non-hydrogen) atoms. The molecule has 9 heteroatoms. The molecular formula is C28H38N6O3. The van der Waals surface area contributed by atoms with Crippen LogP contribution in [-0.4, -0.2) is 44.2 Å². The van der Waals surface area contributed by atoms with Gasteiger partial charge in [-0.1, -0.05) is 26.2 Å². The van der Waals surface area contributed by atoms with Gasteiger partial charge in [-0.05, 0) is 79.8 Å². The largest absolute Gasteiger partial charge is 0.508 e. The fraction of sp³-hybridized carbons (Fsp3) is 0.464. The average molecular weight is 507 g/mol. The second-order valence-electron chi connectivity index (χ2n) is 10.1. The number of benzene rings is 1. The summed E-state index contributed by atoms with van der Waals surface area (Å²) in [6.45, 7) is 1.79. The number of fused-ring (bicyclic) bond motifs is 1. The summed E-state index contributed by atoms with van der Waals surface area (Å²) in [6.07, 6.45) is 14.2. The second-order valence-corrected chi connectivity index (χ2v) is 10.1. The normalized spacial score (nSPS) is 20.4. The lowest BCUT2D eigenvalue weighted by Crippen LogP contribution is -2.24. The molecule has 0 spiro atoms. The van der Waals surface area contributed by atoms with Crippen molar-refractivity contribution in [3.63, 3.8) is 0 Å². The Kier molecular flexibility index (Phi) is 8.66. The second kappa shape index (κ2) is 12.1. The van der Waals surface area contributed by atoms with E-state index in [1.165, 1.54) is 37.7 Å². The van der Waals surface area contributed by atoms with Crippen LogP contribution in [0.25, 0.3) is 5.52 Å². The number of aromatic nitrogens is 2. The molecule has 9 nitrogen and oxygen atoms in total. The number of amidine groups is 1. The van der Waals surface area contributed by atoms with Crippen LogP contribution in [0, 0.1) is 0 Å². The molecule has 1 aromatic carbocycles. The number of aryl methyl sites for hydroxylation is 1. The number of nitrogens with one attached hydrogen (secondary N) is 1. The van der Waals surface area contributed by atoms with Crippen molar-refractivity contribution in [3.8, 4) is 5.75 Å². The number of hydrogen-bond acceptors (Lipinski definition) is 6. The summed E-state index contributed by atoms with van der Waals surface area (Å²) in [5.41, 5.74) is 18.7. The summed E-state index contributed by atoms with van der Waals surface area (Å²) in [7, 11) is 0. The Morgan fingerprint density at radius 2 is 1.97 bits per heavy atom. The van der Waals surface area contributed by atoms with E-state index in [2.05, 4.69) is 17.6 Å². The molecule has 2 aliphatic rings. The summed E-state index contributed by atoms with van der Waals surface area (Å²) in [5.74, 6) is 1.25. The fourth-order valence-corrected chi connectivity index (χ4v) is 5.59. The number of rotatable bonds is 6. The molecule has 0 aliphatic heterocycles. The SMILES string of the molecule is CCc1cc(O)ccc1N=C(N)c1cnn2cc(C3CCCCC3)cc2c1N[C@@H]1CC[C@H](N)C1.O=CO. The molecule has 2 heterocycles. The molecule has 2 atom stereocenters. The third kappa shape index (κ3) is 6.22. The maximum atomic E-state index is 9.86. The first-order valence-corrected chi connectivity index (χ1v) is 13.2. The number of aromatic hydroxyl groups is 1. The predicted octanol–water partition coefficient (Wildman–Crippen LogP) is 4.68. The van der Waals surface area contributed by atoms with Gasteiger partial charge >= 0.3 is 0 Å². The summed E-state index contributed by atoms with van der Waals surface area (Å²) in [5, 5.41) is 25.2. The predicted molar refractivity (Wildman–Crippen MR) is 147 cm³/mol. The number of phenols is 1. The summed E-state index contributed by atoms with van der Waals surface area (Å²) < 4.78 is 1.98. The molecule has 3 aromatic rings. The number of anilines is 1. The fourth-order valence-electron chi connectivity index (χ4n) is 5.59. The van der Waals surface area contributed by atoms with Crippen molar-refractivity contribution in [3.05, 3.63) is 53.3 Å². The minimum Gasteiger partial charge on any atom is -0.508 e. The van der Waals surface area contributed by atoms with Crippen LogP contribution in [0.5, 0.6) is 5.75 Å². The van der Waals surface area contributed by atoms with E-state index in [-0.39, 0.29) is 18.3 Å². The van der Waals surface area contributed by atoms with Gasteiger partial charge in [0.15, 0.2) is 0 Å². The Morgan fingerprint density at radius 1 is 1.22 bits per heavy atom. The minimum absolute atomic E-state index is 0.235. The Balaban J connectivity index is 0.00000102. The Bertz CT molecular complexity index is 1250. The van der Waals surface area contributed by atoms with Gasteiger partial charge in [-0.3, -0.25) is 4.79 Å². The van der Waals surface area contributed by atoms with Gasteiger partial charge in [0.1, 0.15) is 11.6 Å². The van der Waals surface area contributed by atoms with E-state index in [0.29, 0.717) is 17.8 Å². The zero-order chi connectivity index (χ0) is 26.4. The van der Waals surface area contributed by atoms with E-state index in [9.17, 15) is 5.11 Å². The third-order valence-corrected chi connectivity index (χ3v) is 7.52. The lowest BCUT2D eigenvalue weighted by Gasteiger charge is -2.20. The smallest absolute Gasteiger partial charge is 0.290 e. The number of carboxylic acid groups (broad SMARTS) is 1. The molecule has 5 rings (SSSR count). The van der Waals surface area contributed by atoms with Gasteiger partial charge in [-0.25, -0.2) is 9.51 Å². The zero-order valence-electron chi connectivity index (χ0n) is 21.4. The van der Waals surface area contributed by atoms with Crippen LogP contribution in [0.1, 0.15) is 80.9 Å². The van der Waals surface area contributed by atoms with Gasteiger partial charge in [-0.15, -0.1) is 0 Å². The maximum absolute atomic E-state index is 9.86. The zero-order valence-corrected chi connectivity index (χ0v) is 21.4. The summed E-state index contributed by atoms with van der Waals surface area (Å²) >= 11 is 0. The van der Waals surface area contributed by atoms with E-state index < -0.39 is 0 Å². The van der Waals surface area contributed by atoms with Crippen molar-refractivity contribution in [2.24, 2.45) is 16.5 Å². The number of aliphatic imine (C=N–C) groups is 1. The Hall–Kier alpha value is -3.59. The summed E-state index contributed by atoms with van der Waals surface area (Å²) in [6, 6.07) is 8.04. The monoisotopic (exact) mass is 506 g/mol. The lowest BCUT2D eigenvalue weighted by atomic mass is 9.85. The lowest BCUT2D eigenvalue weighted by molar-refractivity contribution is -0.122. The quantitative estimate of drug-likeness (QED) is 0.185. The van der Waals surface area contributed by atoms with E-state index in [4.69, 9.17) is 31.5 Å². The van der Waals surface area contributed by atoms with Gasteiger partial charge in [0, 0.05) is 18.3 Å². The van der Waals surface area contributed by atoms with Crippen molar-refractivity contribution >= 4 is 29.2 Å². The van der Waals surface area contributed by atoms with E-state index in [0.717, 1.165) is 53.7 Å². The molecule has 2 saturated carbocycles. The number of carbonyl (C=O) groups is 1. The van der Waals surface area contributed by atoms with Crippen LogP contribution in [0.15, 0.2) is 41.7 Å². The molecule has 0 bridgehead atoms. The van der Waals surface area contributed by atoms with Crippen LogP contribution >= 0.6 is 0 Å². The first kappa shape index (κ1) is 26.5. The first-order valence-electron chi connectivity index (χ1n) is 13.2. The topological polar surface area (TPSA) is 151 Å². The molecule has 0 radical (unpaired) electrons. The van der Waals surface area contributed by atoms with Crippen molar-refractivity contribution in [1.29, 1.82) is 0 Å². The van der Waals surface area contributed by atoms with Gasteiger partial charge in [0.05, 0.1) is 28.7 Å². The molecule has 7 N–H and O–H groups in total. The number of nitrogens with two attached hydrogens (primary N) is 2. The first-order chi connectivity index (χ1) is 17.9. The van der Waals surface area contributed by atoms with E-state index in [1.54, 1.807) is 12.1 Å². The highest BCUT2D eigenvalue weighted by atomic mass is 16.3. The number of nitrogens with zero attached hydrogens (tertiary/aromatic N) is 3. The van der Waals surface area contributed by atoms with Gasteiger partial charge in [0.2, 0.25) is 0 Å². The minimum atomic E-state index is -0.250. The van der Waals surface area contributed by atoms with Crippen LogP contribution in [-0.2, 0) is 11.2 Å². The van der Waals surface area contributed by atoms with Crippen molar-refractivity contribution < 1.29 is 15.0 Å². The van der Waals surface area contributed by atoms with Crippen LogP contribution in [0.3, 0.4) is 0 Å². The highest BCUT2D eigenvalue weighted by Gasteiger charge is 2.25. The number of hydrogen-bond donors (Lipinski definition) is 5. The van der Waals surface area contributed by atoms with E-state index in [1.807, 2.05) is 23.7 Å². The van der Waals surface area contributed by atoms with Gasteiger partial charge in [-0.2, -0.15) is 5.10 Å². The van der Waals surface area contributed by atoms with Gasteiger partial charge in [0.25, 0.3) is 6.47 Å². The van der Waals surface area contributed by atoms with E-state index >= 15 is 0 Å². The summed E-state index contributed by atoms with van der Waals surface area (Å²) in [4.78, 5) is 13.1. The number of phenolic OH excluding ortho intramolecular Hbond substituents is 1. The third-order valence-electron chi connectivity index (χ3n) is 7.52. The highest BCUT2D eigenvalue weighted by Crippen LogP contribution is 2.36. The van der Waals surface area contributed by atoms with Crippen LogP contribution < -0.4 is 16.8 Å². The molecule has 2 aliphatic carbocycles. The molecule has 198 valence electrons.